The zero-order chi connectivity index (χ0) is 16.2. The Hall–Kier alpha value is -1.86. The summed E-state index contributed by atoms with van der Waals surface area (Å²) < 4.78 is 27.0. The van der Waals surface area contributed by atoms with Gasteiger partial charge in [-0.1, -0.05) is 13.0 Å². The van der Waals surface area contributed by atoms with E-state index in [2.05, 4.69) is 5.32 Å². The lowest BCUT2D eigenvalue weighted by atomic mass is 10.1. The first-order valence-electron chi connectivity index (χ1n) is 7.19. The van der Waals surface area contributed by atoms with Crippen LogP contribution in [0.25, 0.3) is 11.0 Å². The minimum atomic E-state index is -3.43. The largest absolute Gasteiger partial charge is 0.463 e. The van der Waals surface area contributed by atoms with E-state index in [-0.39, 0.29) is 11.7 Å². The average Bonchev–Trinajstić information content (AvgIpc) is 2.88. The monoisotopic (exact) mass is 324 g/mol. The van der Waals surface area contributed by atoms with Crippen LogP contribution in [0.3, 0.4) is 0 Å². The fraction of sp³-hybridized carbons (Fsp3) is 0.400. The molecule has 120 valence electrons. The van der Waals surface area contributed by atoms with Crippen LogP contribution in [0.15, 0.2) is 28.9 Å². The number of sulfonamides is 1. The number of carbonyl (C=O) groups excluding carboxylic acids is 1. The van der Waals surface area contributed by atoms with Gasteiger partial charge >= 0.3 is 0 Å². The number of unbranched alkanes of at least 4 members (excludes halogenated alkanes) is 1. The molecule has 0 aliphatic heterocycles. The van der Waals surface area contributed by atoms with E-state index in [1.807, 2.05) is 25.1 Å². The highest BCUT2D eigenvalue weighted by Crippen LogP contribution is 2.22. The van der Waals surface area contributed by atoms with Gasteiger partial charge in [-0.05, 0) is 37.0 Å². The van der Waals surface area contributed by atoms with Crippen molar-refractivity contribution in [3.63, 3.8) is 0 Å². The van der Waals surface area contributed by atoms with Crippen molar-refractivity contribution in [1.82, 2.24) is 5.32 Å². The van der Waals surface area contributed by atoms with Gasteiger partial charge in [0, 0.05) is 11.9 Å². The topological polar surface area (TPSA) is 102 Å². The summed E-state index contributed by atoms with van der Waals surface area (Å²) in [6, 6.07) is 5.78. The van der Waals surface area contributed by atoms with Crippen molar-refractivity contribution >= 4 is 26.9 Å². The highest BCUT2D eigenvalue weighted by Gasteiger charge is 2.13. The number of primary sulfonamides is 1. The Balaban J connectivity index is 1.95. The molecule has 1 aromatic carbocycles. The molecule has 22 heavy (non-hydrogen) atoms. The summed E-state index contributed by atoms with van der Waals surface area (Å²) in [5, 5.41) is 8.48. The maximum atomic E-state index is 12.2. The fourth-order valence-corrected chi connectivity index (χ4v) is 2.80. The van der Waals surface area contributed by atoms with Crippen molar-refractivity contribution in [3.8, 4) is 0 Å². The van der Waals surface area contributed by atoms with E-state index < -0.39 is 10.0 Å². The van der Waals surface area contributed by atoms with Crippen molar-refractivity contribution in [1.29, 1.82) is 0 Å². The molecule has 1 aromatic heterocycles. The maximum Gasteiger partial charge on any atom is 0.255 e. The molecule has 0 atom stereocenters. The first-order valence-corrected chi connectivity index (χ1v) is 8.91. The van der Waals surface area contributed by atoms with E-state index in [1.165, 1.54) is 6.26 Å². The third kappa shape index (κ3) is 4.32. The predicted octanol–water partition coefficient (Wildman–Crippen LogP) is 1.79. The zero-order valence-electron chi connectivity index (χ0n) is 12.5. The average molecular weight is 324 g/mol. The molecule has 2 rings (SSSR count). The quantitative estimate of drug-likeness (QED) is 0.758. The molecule has 1 heterocycles. The first kappa shape index (κ1) is 16.5. The first-order chi connectivity index (χ1) is 10.4. The van der Waals surface area contributed by atoms with Crippen LogP contribution in [0.5, 0.6) is 0 Å². The van der Waals surface area contributed by atoms with Gasteiger partial charge in [0.2, 0.25) is 10.0 Å². The Bertz CT molecular complexity index is 765. The number of carbonyl (C=O) groups is 1. The summed E-state index contributed by atoms with van der Waals surface area (Å²) in [7, 11) is -3.43. The summed E-state index contributed by atoms with van der Waals surface area (Å²) in [6.07, 6.45) is 3.31. The van der Waals surface area contributed by atoms with Crippen LogP contribution in [-0.2, 0) is 16.4 Å². The smallest absolute Gasteiger partial charge is 0.255 e. The number of nitrogens with one attached hydrogen (secondary N) is 1. The van der Waals surface area contributed by atoms with E-state index in [0.29, 0.717) is 30.5 Å². The van der Waals surface area contributed by atoms with E-state index in [4.69, 9.17) is 9.56 Å². The van der Waals surface area contributed by atoms with Gasteiger partial charge < -0.3 is 9.73 Å². The highest BCUT2D eigenvalue weighted by atomic mass is 32.2. The number of furan rings is 1. The van der Waals surface area contributed by atoms with Crippen molar-refractivity contribution in [2.24, 2.45) is 5.14 Å². The summed E-state index contributed by atoms with van der Waals surface area (Å²) in [4.78, 5) is 12.2. The van der Waals surface area contributed by atoms with Gasteiger partial charge in [0.25, 0.3) is 5.91 Å². The molecule has 6 nitrogen and oxygen atoms in total. The molecule has 3 N–H and O–H groups in total. The van der Waals surface area contributed by atoms with Crippen LogP contribution in [0.4, 0.5) is 0 Å². The van der Waals surface area contributed by atoms with Gasteiger partial charge in [-0.15, -0.1) is 0 Å². The summed E-state index contributed by atoms with van der Waals surface area (Å²) in [5.74, 6) is -0.292. The number of aryl methyl sites for hydroxylation is 1. The standard InChI is InChI=1S/C15H20N2O4S/c1-2-11-5-6-14-12(9-11)13(10-21-14)15(18)17-7-3-4-8-22(16,19)20/h5-6,9-10H,2-4,7-8H2,1H3,(H,17,18)(H2,16,19,20). The molecule has 0 bridgehead atoms. The van der Waals surface area contributed by atoms with Crippen molar-refractivity contribution in [2.45, 2.75) is 26.2 Å². The van der Waals surface area contributed by atoms with E-state index >= 15 is 0 Å². The molecular formula is C15H20N2O4S. The van der Waals surface area contributed by atoms with Gasteiger partial charge in [-0.2, -0.15) is 0 Å². The molecule has 0 unspecified atom stereocenters. The lowest BCUT2D eigenvalue weighted by molar-refractivity contribution is 0.0954. The molecule has 0 saturated heterocycles. The molecule has 2 aromatic rings. The molecule has 0 saturated carbocycles. The third-order valence-corrected chi connectivity index (χ3v) is 4.29. The number of hydrogen-bond donors (Lipinski definition) is 2. The minimum Gasteiger partial charge on any atom is -0.463 e. The maximum absolute atomic E-state index is 12.2. The van der Waals surface area contributed by atoms with Crippen LogP contribution in [0.1, 0.15) is 35.7 Å². The van der Waals surface area contributed by atoms with E-state index in [9.17, 15) is 13.2 Å². The van der Waals surface area contributed by atoms with Crippen molar-refractivity contribution in [2.75, 3.05) is 12.3 Å². The second-order valence-electron chi connectivity index (χ2n) is 5.16. The Morgan fingerprint density at radius 3 is 2.77 bits per heavy atom. The Kier molecular flexibility index (Phi) is 5.20. The number of amides is 1. The van der Waals surface area contributed by atoms with E-state index in [1.54, 1.807) is 0 Å². The lowest BCUT2D eigenvalue weighted by Gasteiger charge is -2.04. The van der Waals surface area contributed by atoms with Gasteiger partial charge in [0.15, 0.2) is 0 Å². The Labute approximate surface area is 129 Å². The second kappa shape index (κ2) is 6.93. The molecule has 0 spiro atoms. The van der Waals surface area contributed by atoms with Gasteiger partial charge in [-0.25, -0.2) is 13.6 Å². The van der Waals surface area contributed by atoms with Crippen molar-refractivity contribution in [3.05, 3.63) is 35.6 Å². The summed E-state index contributed by atoms with van der Waals surface area (Å²) in [6.45, 7) is 2.45. The number of hydrogen-bond acceptors (Lipinski definition) is 4. The molecule has 7 heteroatoms. The van der Waals surface area contributed by atoms with Gasteiger partial charge in [0.05, 0.1) is 11.3 Å². The van der Waals surface area contributed by atoms with Crippen LogP contribution in [0, 0.1) is 0 Å². The molecule has 0 aliphatic rings. The fourth-order valence-electron chi connectivity index (χ4n) is 2.20. The van der Waals surface area contributed by atoms with E-state index in [0.717, 1.165) is 17.4 Å². The van der Waals surface area contributed by atoms with Crippen molar-refractivity contribution < 1.29 is 17.6 Å². The van der Waals surface area contributed by atoms with Crippen LogP contribution in [-0.4, -0.2) is 26.6 Å². The molecule has 0 aliphatic carbocycles. The van der Waals surface area contributed by atoms with Crippen LogP contribution in [0.2, 0.25) is 0 Å². The second-order valence-corrected chi connectivity index (χ2v) is 6.90. The Morgan fingerprint density at radius 1 is 1.32 bits per heavy atom. The molecular weight excluding hydrogens is 304 g/mol. The zero-order valence-corrected chi connectivity index (χ0v) is 13.3. The molecule has 1 amide bonds. The van der Waals surface area contributed by atoms with Gasteiger partial charge in [0.1, 0.15) is 11.8 Å². The number of rotatable bonds is 7. The SMILES string of the molecule is CCc1ccc2occ(C(=O)NCCCCS(N)(=O)=O)c2c1. The van der Waals surface area contributed by atoms with Gasteiger partial charge in [-0.3, -0.25) is 4.79 Å². The Morgan fingerprint density at radius 2 is 2.09 bits per heavy atom. The number of benzene rings is 1. The lowest BCUT2D eigenvalue weighted by Crippen LogP contribution is -2.25. The van der Waals surface area contributed by atoms with Crippen LogP contribution < -0.4 is 10.5 Å². The van der Waals surface area contributed by atoms with Crippen LogP contribution >= 0.6 is 0 Å². The molecule has 0 fully saturated rings. The summed E-state index contributed by atoms with van der Waals surface area (Å²) in [5.41, 5.74) is 2.31. The third-order valence-electron chi connectivity index (χ3n) is 3.43. The normalized spacial score (nSPS) is 11.7. The number of nitrogens with two attached hydrogens (primary N) is 1. The summed E-state index contributed by atoms with van der Waals surface area (Å²) >= 11 is 0. The number of fused-ring (bicyclic) bond motifs is 1. The predicted molar refractivity (Wildman–Crippen MR) is 85.1 cm³/mol. The minimum absolute atomic E-state index is 0.0721. The molecule has 0 radical (unpaired) electrons. The highest BCUT2D eigenvalue weighted by molar-refractivity contribution is 7.89.